The number of carbonyl (C=O) groups is 1. The second-order valence-electron chi connectivity index (χ2n) is 7.35. The van der Waals surface area contributed by atoms with Crippen LogP contribution in [0.25, 0.3) is 0 Å². The first-order valence-corrected chi connectivity index (χ1v) is 12.2. The SMILES string of the molecule is CC[C@H](Oc1ccccc1OC)C(=O)Nc1ccc(S(=O)(=O)Nc2ccc(OC)cc2OC)cc1. The Morgan fingerprint density at radius 3 is 2.11 bits per heavy atom. The van der Waals surface area contributed by atoms with E-state index in [0.717, 1.165) is 0 Å². The molecule has 10 heteroatoms. The lowest BCUT2D eigenvalue weighted by Crippen LogP contribution is -2.32. The molecular weight excluding hydrogens is 472 g/mol. The third-order valence-electron chi connectivity index (χ3n) is 5.09. The number of methoxy groups -OCH3 is 3. The summed E-state index contributed by atoms with van der Waals surface area (Å²) in [6.07, 6.45) is -0.344. The van der Waals surface area contributed by atoms with Crippen LogP contribution in [0.15, 0.2) is 71.6 Å². The molecule has 0 aliphatic carbocycles. The molecule has 0 aliphatic heterocycles. The normalized spacial score (nSPS) is 11.8. The number of ether oxygens (including phenoxy) is 4. The quantitative estimate of drug-likeness (QED) is 0.403. The summed E-state index contributed by atoms with van der Waals surface area (Å²) in [5, 5.41) is 2.76. The molecule has 3 aromatic carbocycles. The fourth-order valence-electron chi connectivity index (χ4n) is 3.22. The predicted molar refractivity (Wildman–Crippen MR) is 133 cm³/mol. The van der Waals surface area contributed by atoms with Gasteiger partial charge in [0.05, 0.1) is 31.9 Å². The lowest BCUT2D eigenvalue weighted by molar-refractivity contribution is -0.122. The lowest BCUT2D eigenvalue weighted by Gasteiger charge is -2.19. The molecule has 9 nitrogen and oxygen atoms in total. The summed E-state index contributed by atoms with van der Waals surface area (Å²) in [4.78, 5) is 12.8. The van der Waals surface area contributed by atoms with Crippen molar-refractivity contribution < 1.29 is 32.2 Å². The van der Waals surface area contributed by atoms with Gasteiger partial charge in [0.15, 0.2) is 17.6 Å². The van der Waals surface area contributed by atoms with Crippen molar-refractivity contribution in [2.75, 3.05) is 31.4 Å². The maximum absolute atomic E-state index is 12.9. The number of anilines is 2. The first kappa shape index (κ1) is 25.7. The number of para-hydroxylation sites is 2. The zero-order valence-corrected chi connectivity index (χ0v) is 20.7. The Kier molecular flexibility index (Phi) is 8.43. The van der Waals surface area contributed by atoms with E-state index in [1.165, 1.54) is 45.6 Å². The van der Waals surface area contributed by atoms with E-state index in [1.807, 2.05) is 13.0 Å². The van der Waals surface area contributed by atoms with E-state index < -0.39 is 16.1 Å². The zero-order chi connectivity index (χ0) is 25.4. The van der Waals surface area contributed by atoms with Crippen LogP contribution in [0.4, 0.5) is 11.4 Å². The van der Waals surface area contributed by atoms with Crippen molar-refractivity contribution in [2.24, 2.45) is 0 Å². The lowest BCUT2D eigenvalue weighted by atomic mass is 10.2. The van der Waals surface area contributed by atoms with Crippen LogP contribution in [-0.4, -0.2) is 41.8 Å². The standard InChI is InChI=1S/C25H28N2O7S/c1-5-21(34-23-9-7-6-8-22(23)32-3)25(28)26-17-10-13-19(14-11-17)35(29,30)27-20-15-12-18(31-2)16-24(20)33-4/h6-16,21,27H,5H2,1-4H3,(H,26,28)/t21-/m0/s1. The highest BCUT2D eigenvalue weighted by Crippen LogP contribution is 2.31. The van der Waals surface area contributed by atoms with Crippen LogP contribution in [0.2, 0.25) is 0 Å². The number of rotatable bonds is 11. The summed E-state index contributed by atoms with van der Waals surface area (Å²) in [6, 6.07) is 17.6. The molecule has 0 radical (unpaired) electrons. The van der Waals surface area contributed by atoms with Gasteiger partial charge in [-0.3, -0.25) is 9.52 Å². The number of benzene rings is 3. The highest BCUT2D eigenvalue weighted by Gasteiger charge is 2.21. The van der Waals surface area contributed by atoms with Gasteiger partial charge in [0.1, 0.15) is 11.5 Å². The molecule has 0 unspecified atom stereocenters. The van der Waals surface area contributed by atoms with Crippen molar-refractivity contribution in [1.82, 2.24) is 0 Å². The number of hydrogen-bond donors (Lipinski definition) is 2. The highest BCUT2D eigenvalue weighted by atomic mass is 32.2. The number of amides is 1. The summed E-state index contributed by atoms with van der Waals surface area (Å²) >= 11 is 0. The second-order valence-corrected chi connectivity index (χ2v) is 9.03. The molecule has 0 saturated heterocycles. The first-order valence-electron chi connectivity index (χ1n) is 10.8. The maximum Gasteiger partial charge on any atom is 0.265 e. The molecule has 0 fully saturated rings. The zero-order valence-electron chi connectivity index (χ0n) is 19.9. The minimum atomic E-state index is -3.90. The molecule has 3 aromatic rings. The molecular formula is C25H28N2O7S. The third-order valence-corrected chi connectivity index (χ3v) is 6.47. The van der Waals surface area contributed by atoms with Crippen molar-refractivity contribution in [3.8, 4) is 23.0 Å². The number of carbonyl (C=O) groups excluding carboxylic acids is 1. The second kappa shape index (κ2) is 11.5. The Labute approximate surface area is 205 Å². The summed E-state index contributed by atoms with van der Waals surface area (Å²) < 4.78 is 49.7. The molecule has 0 spiro atoms. The van der Waals surface area contributed by atoms with Crippen LogP contribution in [0, 0.1) is 0 Å². The molecule has 35 heavy (non-hydrogen) atoms. The van der Waals surface area contributed by atoms with Gasteiger partial charge in [0.2, 0.25) is 0 Å². The Balaban J connectivity index is 1.70. The highest BCUT2D eigenvalue weighted by molar-refractivity contribution is 7.92. The van der Waals surface area contributed by atoms with E-state index in [0.29, 0.717) is 35.1 Å². The number of sulfonamides is 1. The monoisotopic (exact) mass is 500 g/mol. The van der Waals surface area contributed by atoms with Gasteiger partial charge in [-0.05, 0) is 55.0 Å². The van der Waals surface area contributed by atoms with Crippen LogP contribution in [0.1, 0.15) is 13.3 Å². The maximum atomic E-state index is 12.9. The fourth-order valence-corrected chi connectivity index (χ4v) is 4.29. The van der Waals surface area contributed by atoms with E-state index in [-0.39, 0.29) is 16.5 Å². The largest absolute Gasteiger partial charge is 0.497 e. The Morgan fingerprint density at radius 2 is 1.51 bits per heavy atom. The van der Waals surface area contributed by atoms with Gasteiger partial charge < -0.3 is 24.3 Å². The van der Waals surface area contributed by atoms with Crippen molar-refractivity contribution in [3.63, 3.8) is 0 Å². The van der Waals surface area contributed by atoms with Crippen LogP contribution in [-0.2, 0) is 14.8 Å². The summed E-state index contributed by atoms with van der Waals surface area (Å²) in [7, 11) is 0.566. The van der Waals surface area contributed by atoms with Crippen molar-refractivity contribution in [3.05, 3.63) is 66.7 Å². The third kappa shape index (κ3) is 6.36. The fraction of sp³-hybridized carbons (Fsp3) is 0.240. The smallest absolute Gasteiger partial charge is 0.265 e. The minimum Gasteiger partial charge on any atom is -0.497 e. The van der Waals surface area contributed by atoms with E-state index in [1.54, 1.807) is 36.4 Å². The Bertz CT molecular complexity index is 1260. The summed E-state index contributed by atoms with van der Waals surface area (Å²) in [5.74, 6) is 1.46. The van der Waals surface area contributed by atoms with Gasteiger partial charge >= 0.3 is 0 Å². The predicted octanol–water partition coefficient (Wildman–Crippen LogP) is 4.31. The van der Waals surface area contributed by atoms with Crippen molar-refractivity contribution >= 4 is 27.3 Å². The van der Waals surface area contributed by atoms with Gasteiger partial charge in [0.25, 0.3) is 15.9 Å². The van der Waals surface area contributed by atoms with E-state index >= 15 is 0 Å². The molecule has 1 atom stereocenters. The first-order chi connectivity index (χ1) is 16.8. The van der Waals surface area contributed by atoms with Gasteiger partial charge in [0, 0.05) is 11.8 Å². The van der Waals surface area contributed by atoms with Crippen LogP contribution in [0.3, 0.4) is 0 Å². The molecule has 0 bridgehead atoms. The molecule has 1 amide bonds. The van der Waals surface area contributed by atoms with Crippen molar-refractivity contribution in [1.29, 1.82) is 0 Å². The van der Waals surface area contributed by atoms with Gasteiger partial charge in [-0.15, -0.1) is 0 Å². The molecule has 0 aromatic heterocycles. The average Bonchev–Trinajstić information content (AvgIpc) is 2.87. The van der Waals surface area contributed by atoms with E-state index in [4.69, 9.17) is 18.9 Å². The Hall–Kier alpha value is -3.92. The number of nitrogens with one attached hydrogen (secondary N) is 2. The topological polar surface area (TPSA) is 112 Å². The van der Waals surface area contributed by atoms with Gasteiger partial charge in [-0.25, -0.2) is 8.42 Å². The molecule has 0 heterocycles. The Morgan fingerprint density at radius 1 is 0.857 bits per heavy atom. The summed E-state index contributed by atoms with van der Waals surface area (Å²) in [6.45, 7) is 1.83. The van der Waals surface area contributed by atoms with Crippen LogP contribution in [0.5, 0.6) is 23.0 Å². The van der Waals surface area contributed by atoms with Crippen LogP contribution < -0.4 is 29.0 Å². The molecule has 186 valence electrons. The van der Waals surface area contributed by atoms with Gasteiger partial charge in [-0.1, -0.05) is 19.1 Å². The van der Waals surface area contributed by atoms with E-state index in [2.05, 4.69) is 10.0 Å². The molecule has 0 saturated carbocycles. The van der Waals surface area contributed by atoms with Crippen LogP contribution >= 0.6 is 0 Å². The summed E-state index contributed by atoms with van der Waals surface area (Å²) in [5.41, 5.74) is 0.697. The molecule has 2 N–H and O–H groups in total. The average molecular weight is 501 g/mol. The molecule has 3 rings (SSSR count). The molecule has 0 aliphatic rings. The van der Waals surface area contributed by atoms with Crippen molar-refractivity contribution in [2.45, 2.75) is 24.3 Å². The van der Waals surface area contributed by atoms with Gasteiger partial charge in [-0.2, -0.15) is 0 Å². The minimum absolute atomic E-state index is 0.0192. The number of hydrogen-bond acceptors (Lipinski definition) is 7. The van der Waals surface area contributed by atoms with E-state index in [9.17, 15) is 13.2 Å².